The average Bonchev–Trinajstić information content (AvgIpc) is 3.19. The fraction of sp³-hybridized carbons (Fsp3) is 0.286. The Morgan fingerprint density at radius 1 is 1.10 bits per heavy atom. The average molecular weight is 431 g/mol. The van der Waals surface area contributed by atoms with Crippen LogP contribution in [0.1, 0.15) is 23.9 Å². The highest BCUT2D eigenvalue weighted by atomic mass is 19.4. The maximum atomic E-state index is 13.2. The van der Waals surface area contributed by atoms with E-state index in [1.807, 2.05) is 0 Å². The second-order valence-electron chi connectivity index (χ2n) is 7.66. The van der Waals surface area contributed by atoms with E-state index in [0.29, 0.717) is 28.4 Å². The molecule has 0 aliphatic rings. The Morgan fingerprint density at radius 3 is 2.26 bits per heavy atom. The van der Waals surface area contributed by atoms with E-state index in [-0.39, 0.29) is 17.7 Å². The summed E-state index contributed by atoms with van der Waals surface area (Å²) in [5, 5.41) is 0. The highest BCUT2D eigenvalue weighted by Gasteiger charge is 2.30. The zero-order valence-electron chi connectivity index (χ0n) is 17.4. The van der Waals surface area contributed by atoms with E-state index < -0.39 is 23.0 Å². The minimum absolute atomic E-state index is 0.0757. The van der Waals surface area contributed by atoms with E-state index in [1.54, 1.807) is 29.7 Å². The number of halogens is 3. The maximum absolute atomic E-state index is 13.2. The monoisotopic (exact) mass is 431 g/mol. The molecule has 10 heteroatoms. The summed E-state index contributed by atoms with van der Waals surface area (Å²) < 4.78 is 44.6. The van der Waals surface area contributed by atoms with Crippen LogP contribution < -0.4 is 11.2 Å². The fourth-order valence-corrected chi connectivity index (χ4v) is 3.77. The Morgan fingerprint density at radius 2 is 1.71 bits per heavy atom. The summed E-state index contributed by atoms with van der Waals surface area (Å²) in [5.74, 6) is 0.338. The van der Waals surface area contributed by atoms with Gasteiger partial charge in [0.2, 0.25) is 5.78 Å². The topological polar surface area (TPSA) is 66.2 Å². The van der Waals surface area contributed by atoms with Crippen LogP contribution in [0.5, 0.6) is 0 Å². The van der Waals surface area contributed by atoms with Crippen molar-refractivity contribution in [3.63, 3.8) is 0 Å². The quantitative estimate of drug-likeness (QED) is 0.468. The van der Waals surface area contributed by atoms with Gasteiger partial charge in [-0.3, -0.25) is 22.9 Å². The summed E-state index contributed by atoms with van der Waals surface area (Å²) in [6, 6.07) is 4.71. The Balaban J connectivity index is 2.08. The van der Waals surface area contributed by atoms with Crippen LogP contribution in [0.15, 0.2) is 46.0 Å². The molecule has 0 N–H and O–H groups in total. The molecule has 162 valence electrons. The smallest absolute Gasteiger partial charge is 0.283 e. The molecule has 0 saturated carbocycles. The van der Waals surface area contributed by atoms with Crippen molar-refractivity contribution in [2.24, 2.45) is 7.05 Å². The zero-order valence-corrected chi connectivity index (χ0v) is 17.4. The lowest BCUT2D eigenvalue weighted by atomic mass is 10.2. The summed E-state index contributed by atoms with van der Waals surface area (Å²) in [6.07, 6.45) is -4.44. The summed E-state index contributed by atoms with van der Waals surface area (Å²) in [4.78, 5) is 30.4. The highest BCUT2D eigenvalue weighted by Crippen LogP contribution is 2.31. The summed E-state index contributed by atoms with van der Waals surface area (Å²) in [5.41, 5.74) is 1.17. The normalized spacial score (nSPS) is 12.2. The second-order valence-corrected chi connectivity index (χ2v) is 7.66. The molecule has 0 aliphatic carbocycles. The first kappa shape index (κ1) is 20.7. The molecule has 0 unspecified atom stereocenters. The van der Waals surface area contributed by atoms with Crippen LogP contribution >= 0.6 is 0 Å². The van der Waals surface area contributed by atoms with Gasteiger partial charge in [-0.2, -0.15) is 18.2 Å². The predicted octanol–water partition coefficient (Wildman–Crippen LogP) is 3.35. The van der Waals surface area contributed by atoms with Crippen LogP contribution in [-0.4, -0.2) is 23.1 Å². The van der Waals surface area contributed by atoms with Crippen molar-refractivity contribution in [1.82, 2.24) is 23.1 Å². The number of nitrogens with zero attached hydrogens (tertiary/aromatic N) is 5. The predicted molar refractivity (Wildman–Crippen MR) is 111 cm³/mol. The molecular formula is C21H20F3N5O2. The molecule has 1 aromatic carbocycles. The van der Waals surface area contributed by atoms with Crippen LogP contribution in [0.25, 0.3) is 22.6 Å². The van der Waals surface area contributed by atoms with E-state index in [0.717, 1.165) is 16.7 Å². The molecule has 0 bridgehead atoms. The van der Waals surface area contributed by atoms with Crippen molar-refractivity contribution in [2.75, 3.05) is 0 Å². The molecule has 0 spiro atoms. The van der Waals surface area contributed by atoms with Gasteiger partial charge >= 0.3 is 11.9 Å². The third-order valence-corrected chi connectivity index (χ3v) is 5.40. The number of benzene rings is 1. The van der Waals surface area contributed by atoms with Crippen molar-refractivity contribution in [2.45, 2.75) is 33.5 Å². The minimum atomic E-state index is -4.44. The molecule has 0 amide bonds. The minimum Gasteiger partial charge on any atom is -0.283 e. The summed E-state index contributed by atoms with van der Waals surface area (Å²) in [7, 11) is 1.52. The molecule has 7 nitrogen and oxygen atoms in total. The van der Waals surface area contributed by atoms with Gasteiger partial charge < -0.3 is 0 Å². The fourth-order valence-electron chi connectivity index (χ4n) is 3.77. The summed E-state index contributed by atoms with van der Waals surface area (Å²) in [6.45, 7) is 9.16. The third kappa shape index (κ3) is 3.01. The van der Waals surface area contributed by atoms with E-state index in [1.165, 1.54) is 23.7 Å². The molecule has 3 heterocycles. The number of aryl methyl sites for hydroxylation is 2. The van der Waals surface area contributed by atoms with Crippen molar-refractivity contribution in [3.8, 4) is 5.69 Å². The first-order valence-corrected chi connectivity index (χ1v) is 9.45. The third-order valence-electron chi connectivity index (χ3n) is 5.40. The van der Waals surface area contributed by atoms with E-state index >= 15 is 0 Å². The molecule has 0 fully saturated rings. The van der Waals surface area contributed by atoms with Gasteiger partial charge in [-0.15, -0.1) is 0 Å². The van der Waals surface area contributed by atoms with Gasteiger partial charge in [-0.1, -0.05) is 12.2 Å². The van der Waals surface area contributed by atoms with Crippen molar-refractivity contribution < 1.29 is 13.2 Å². The van der Waals surface area contributed by atoms with E-state index in [4.69, 9.17) is 0 Å². The second kappa shape index (κ2) is 6.73. The molecule has 0 atom stereocenters. The van der Waals surface area contributed by atoms with Gasteiger partial charge in [0, 0.05) is 24.1 Å². The molecule has 3 aromatic heterocycles. The number of alkyl halides is 3. The number of rotatable bonds is 3. The van der Waals surface area contributed by atoms with Crippen LogP contribution in [-0.2, 0) is 19.8 Å². The van der Waals surface area contributed by atoms with Crippen LogP contribution in [0, 0.1) is 13.8 Å². The van der Waals surface area contributed by atoms with Gasteiger partial charge in [0.05, 0.1) is 12.1 Å². The van der Waals surface area contributed by atoms with Gasteiger partial charge in [0.1, 0.15) is 0 Å². The Bertz CT molecular complexity index is 1480. The van der Waals surface area contributed by atoms with Crippen LogP contribution in [0.3, 0.4) is 0 Å². The number of hydrogen-bond donors (Lipinski definition) is 0. The lowest BCUT2D eigenvalue weighted by molar-refractivity contribution is -0.137. The first-order chi connectivity index (χ1) is 14.4. The number of fused-ring (bicyclic) bond motifs is 3. The summed E-state index contributed by atoms with van der Waals surface area (Å²) >= 11 is 0. The molecule has 4 rings (SSSR count). The van der Waals surface area contributed by atoms with E-state index in [9.17, 15) is 22.8 Å². The Kier molecular flexibility index (Phi) is 4.49. The standard InChI is InChI=1S/C21H20F3N5O2/c1-11(2)10-27-18(30)16-17(26(5)20(27)31)25-19-28(12(3)13(4)29(16)19)15-8-6-14(7-9-15)21(22,23)24/h6-9H,1,10H2,2-5H3. The molecule has 0 radical (unpaired) electrons. The van der Waals surface area contributed by atoms with Gasteiger partial charge in [-0.05, 0) is 45.0 Å². The zero-order chi connectivity index (χ0) is 22.8. The van der Waals surface area contributed by atoms with Crippen LogP contribution in [0.4, 0.5) is 13.2 Å². The Hall–Kier alpha value is -3.56. The van der Waals surface area contributed by atoms with Gasteiger partial charge in [0.25, 0.3) is 5.56 Å². The SMILES string of the molecule is C=C(C)Cn1c(=O)c2c(nc3n(-c4ccc(C(F)(F)F)cc4)c(C)c(C)n23)n(C)c1=O. The Labute approximate surface area is 174 Å². The highest BCUT2D eigenvalue weighted by molar-refractivity contribution is 5.77. The van der Waals surface area contributed by atoms with Gasteiger partial charge in [-0.25, -0.2) is 4.79 Å². The molecule has 0 aliphatic heterocycles. The van der Waals surface area contributed by atoms with E-state index in [2.05, 4.69) is 11.6 Å². The van der Waals surface area contributed by atoms with Crippen LogP contribution in [0.2, 0.25) is 0 Å². The molecule has 0 saturated heterocycles. The molecular weight excluding hydrogens is 411 g/mol. The largest absolute Gasteiger partial charge is 0.416 e. The lowest BCUT2D eigenvalue weighted by Gasteiger charge is -2.10. The number of hydrogen-bond acceptors (Lipinski definition) is 3. The molecule has 4 aromatic rings. The van der Waals surface area contributed by atoms with Crippen molar-refractivity contribution in [3.05, 3.63) is 74.2 Å². The van der Waals surface area contributed by atoms with Crippen molar-refractivity contribution in [1.29, 1.82) is 0 Å². The maximum Gasteiger partial charge on any atom is 0.416 e. The number of aromatic nitrogens is 5. The number of allylic oxidation sites excluding steroid dienone is 1. The van der Waals surface area contributed by atoms with Crippen molar-refractivity contribution >= 4 is 16.9 Å². The lowest BCUT2D eigenvalue weighted by Crippen LogP contribution is -2.39. The number of imidazole rings is 2. The van der Waals surface area contributed by atoms with Gasteiger partial charge in [0.15, 0.2) is 11.2 Å². The first-order valence-electron chi connectivity index (χ1n) is 9.45. The molecule has 31 heavy (non-hydrogen) atoms.